The Morgan fingerprint density at radius 2 is 2.29 bits per heavy atom. The van der Waals surface area contributed by atoms with Crippen LogP contribution in [-0.2, 0) is 11.2 Å². The summed E-state index contributed by atoms with van der Waals surface area (Å²) in [5.41, 5.74) is 0. The van der Waals surface area contributed by atoms with Gasteiger partial charge >= 0.3 is 0 Å². The molecule has 1 aromatic heterocycles. The molecule has 0 aliphatic heterocycles. The molecular formula is C14H23NOS. The lowest BCUT2D eigenvalue weighted by atomic mass is 10.2. The summed E-state index contributed by atoms with van der Waals surface area (Å²) in [6, 6.07) is 5.62. The lowest BCUT2D eigenvalue weighted by Gasteiger charge is -2.18. The van der Waals surface area contributed by atoms with E-state index >= 15 is 0 Å². The number of hydrogen-bond acceptors (Lipinski definition) is 3. The summed E-state index contributed by atoms with van der Waals surface area (Å²) in [4.78, 5) is 2.94. The first kappa shape index (κ1) is 13.1. The molecule has 17 heavy (non-hydrogen) atoms. The molecule has 1 aromatic rings. The van der Waals surface area contributed by atoms with Crippen molar-refractivity contribution in [3.8, 4) is 0 Å². The Morgan fingerprint density at radius 1 is 1.47 bits per heavy atom. The van der Waals surface area contributed by atoms with Gasteiger partial charge in [-0.25, -0.2) is 0 Å². The van der Waals surface area contributed by atoms with Crippen LogP contribution < -0.4 is 5.32 Å². The summed E-state index contributed by atoms with van der Waals surface area (Å²) >= 11 is 1.94. The van der Waals surface area contributed by atoms with Gasteiger partial charge in [0, 0.05) is 28.9 Å². The number of aryl methyl sites for hydroxylation is 1. The molecule has 3 unspecified atom stereocenters. The molecule has 0 aromatic carbocycles. The maximum atomic E-state index is 5.41. The van der Waals surface area contributed by atoms with Gasteiger partial charge in [0.05, 0.1) is 6.10 Å². The van der Waals surface area contributed by atoms with Crippen molar-refractivity contribution in [3.05, 3.63) is 21.9 Å². The summed E-state index contributed by atoms with van der Waals surface area (Å²) in [5.74, 6) is 0. The van der Waals surface area contributed by atoms with Gasteiger partial charge in [-0.2, -0.15) is 0 Å². The summed E-state index contributed by atoms with van der Waals surface area (Å²) in [7, 11) is 1.82. The number of hydrogen-bond donors (Lipinski definition) is 1. The van der Waals surface area contributed by atoms with Crippen LogP contribution in [0, 0.1) is 0 Å². The molecule has 0 saturated heterocycles. The second-order valence-corrected chi connectivity index (χ2v) is 6.11. The minimum atomic E-state index is 0.467. The van der Waals surface area contributed by atoms with Crippen LogP contribution in [0.3, 0.4) is 0 Å². The number of methoxy groups -OCH3 is 1. The molecule has 1 heterocycles. The first-order valence-corrected chi connectivity index (χ1v) is 7.42. The number of rotatable bonds is 5. The Morgan fingerprint density at radius 3 is 2.88 bits per heavy atom. The highest BCUT2D eigenvalue weighted by Crippen LogP contribution is 2.27. The standard InChI is InChI=1S/C14H23NOS/c1-4-13-7-8-14(17-13)10(2)15-11-5-6-12(9-11)16-3/h7-8,10-12,15H,4-6,9H2,1-3H3. The zero-order valence-electron chi connectivity index (χ0n) is 11.0. The van der Waals surface area contributed by atoms with Gasteiger partial charge in [-0.3, -0.25) is 0 Å². The Bertz CT molecular complexity index is 350. The Labute approximate surface area is 108 Å². The van der Waals surface area contributed by atoms with Crippen molar-refractivity contribution in [1.29, 1.82) is 0 Å². The molecule has 3 atom stereocenters. The fourth-order valence-corrected chi connectivity index (χ4v) is 3.52. The highest BCUT2D eigenvalue weighted by Gasteiger charge is 2.25. The molecule has 1 fully saturated rings. The fraction of sp³-hybridized carbons (Fsp3) is 0.714. The minimum Gasteiger partial charge on any atom is -0.381 e. The maximum absolute atomic E-state index is 5.41. The molecule has 1 N–H and O–H groups in total. The molecule has 1 aliphatic carbocycles. The molecule has 3 heteroatoms. The lowest BCUT2D eigenvalue weighted by molar-refractivity contribution is 0.106. The van der Waals surface area contributed by atoms with Crippen molar-refractivity contribution in [3.63, 3.8) is 0 Å². The van der Waals surface area contributed by atoms with Crippen LogP contribution in [0.1, 0.15) is 48.9 Å². The number of thiophene rings is 1. The van der Waals surface area contributed by atoms with Gasteiger partial charge in [0.25, 0.3) is 0 Å². The van der Waals surface area contributed by atoms with E-state index in [-0.39, 0.29) is 0 Å². The predicted molar refractivity (Wildman–Crippen MR) is 73.7 cm³/mol. The highest BCUT2D eigenvalue weighted by atomic mass is 32.1. The fourth-order valence-electron chi connectivity index (χ4n) is 2.56. The topological polar surface area (TPSA) is 21.3 Å². The van der Waals surface area contributed by atoms with E-state index in [4.69, 9.17) is 4.74 Å². The van der Waals surface area contributed by atoms with Crippen LogP contribution in [0.2, 0.25) is 0 Å². The normalized spacial score (nSPS) is 26.3. The third-order valence-corrected chi connectivity index (χ3v) is 5.07. The van der Waals surface area contributed by atoms with Crippen LogP contribution in [0.5, 0.6) is 0 Å². The Kier molecular flexibility index (Phi) is 4.60. The number of nitrogens with one attached hydrogen (secondary N) is 1. The second-order valence-electron chi connectivity index (χ2n) is 4.91. The molecule has 0 bridgehead atoms. The summed E-state index contributed by atoms with van der Waals surface area (Å²) < 4.78 is 5.41. The SMILES string of the molecule is CCc1ccc(C(C)NC2CCC(OC)C2)s1. The monoisotopic (exact) mass is 253 g/mol. The molecule has 0 spiro atoms. The molecule has 1 aliphatic rings. The summed E-state index contributed by atoms with van der Waals surface area (Å²) in [6.45, 7) is 4.49. The largest absolute Gasteiger partial charge is 0.381 e. The van der Waals surface area contributed by atoms with E-state index in [0.29, 0.717) is 18.2 Å². The first-order valence-electron chi connectivity index (χ1n) is 6.60. The van der Waals surface area contributed by atoms with Crippen LogP contribution in [-0.4, -0.2) is 19.3 Å². The second kappa shape index (κ2) is 5.98. The zero-order valence-corrected chi connectivity index (χ0v) is 11.8. The van der Waals surface area contributed by atoms with Crippen LogP contribution >= 0.6 is 11.3 Å². The van der Waals surface area contributed by atoms with Crippen molar-refractivity contribution in [1.82, 2.24) is 5.32 Å². The average molecular weight is 253 g/mol. The molecule has 96 valence electrons. The van der Waals surface area contributed by atoms with Crippen LogP contribution in [0.4, 0.5) is 0 Å². The first-order chi connectivity index (χ1) is 8.22. The van der Waals surface area contributed by atoms with E-state index in [0.717, 1.165) is 12.8 Å². The predicted octanol–water partition coefficient (Wildman–Crippen LogP) is 3.53. The molecule has 2 rings (SSSR count). The van der Waals surface area contributed by atoms with Gasteiger partial charge in [-0.05, 0) is 44.7 Å². The van der Waals surface area contributed by atoms with Gasteiger partial charge in [-0.15, -0.1) is 11.3 Å². The van der Waals surface area contributed by atoms with Gasteiger partial charge in [0.1, 0.15) is 0 Å². The number of ether oxygens (including phenoxy) is 1. The van der Waals surface area contributed by atoms with E-state index < -0.39 is 0 Å². The molecule has 0 radical (unpaired) electrons. The summed E-state index contributed by atoms with van der Waals surface area (Å²) in [6.07, 6.45) is 5.22. The van der Waals surface area contributed by atoms with E-state index in [9.17, 15) is 0 Å². The lowest BCUT2D eigenvalue weighted by Crippen LogP contribution is -2.29. The van der Waals surface area contributed by atoms with Crippen LogP contribution in [0.15, 0.2) is 12.1 Å². The van der Waals surface area contributed by atoms with Crippen molar-refractivity contribution < 1.29 is 4.74 Å². The highest BCUT2D eigenvalue weighted by molar-refractivity contribution is 7.12. The third-order valence-electron chi connectivity index (χ3n) is 3.66. The van der Waals surface area contributed by atoms with E-state index in [1.165, 1.54) is 22.6 Å². The van der Waals surface area contributed by atoms with Crippen molar-refractivity contribution >= 4 is 11.3 Å². The maximum Gasteiger partial charge on any atom is 0.0586 e. The third kappa shape index (κ3) is 3.30. The van der Waals surface area contributed by atoms with Gasteiger partial charge in [0.2, 0.25) is 0 Å². The van der Waals surface area contributed by atoms with E-state index in [2.05, 4.69) is 31.3 Å². The quantitative estimate of drug-likeness (QED) is 0.867. The van der Waals surface area contributed by atoms with Gasteiger partial charge in [-0.1, -0.05) is 6.92 Å². The smallest absolute Gasteiger partial charge is 0.0586 e. The van der Waals surface area contributed by atoms with Crippen molar-refractivity contribution in [2.75, 3.05) is 7.11 Å². The van der Waals surface area contributed by atoms with Crippen molar-refractivity contribution in [2.24, 2.45) is 0 Å². The zero-order chi connectivity index (χ0) is 12.3. The minimum absolute atomic E-state index is 0.467. The van der Waals surface area contributed by atoms with Gasteiger partial charge < -0.3 is 10.1 Å². The summed E-state index contributed by atoms with van der Waals surface area (Å²) in [5, 5.41) is 3.73. The average Bonchev–Trinajstić information content (AvgIpc) is 2.96. The van der Waals surface area contributed by atoms with E-state index in [1.54, 1.807) is 0 Å². The molecule has 1 saturated carbocycles. The molecule has 0 amide bonds. The van der Waals surface area contributed by atoms with Crippen molar-refractivity contribution in [2.45, 2.75) is 57.7 Å². The van der Waals surface area contributed by atoms with Gasteiger partial charge in [0.15, 0.2) is 0 Å². The Balaban J connectivity index is 1.86. The molecule has 2 nitrogen and oxygen atoms in total. The van der Waals surface area contributed by atoms with Crippen LogP contribution in [0.25, 0.3) is 0 Å². The van der Waals surface area contributed by atoms with E-state index in [1.807, 2.05) is 18.4 Å². The Hall–Kier alpha value is -0.380. The molecular weight excluding hydrogens is 230 g/mol.